The summed E-state index contributed by atoms with van der Waals surface area (Å²) in [6.07, 6.45) is 0.683. The summed E-state index contributed by atoms with van der Waals surface area (Å²) in [5.74, 6) is -0.783. The molecule has 0 saturated heterocycles. The zero-order valence-corrected chi connectivity index (χ0v) is 9.67. The molecule has 0 bridgehead atoms. The van der Waals surface area contributed by atoms with Gasteiger partial charge in [-0.1, -0.05) is 17.7 Å². The van der Waals surface area contributed by atoms with Gasteiger partial charge >= 0.3 is 5.97 Å². The van der Waals surface area contributed by atoms with Crippen molar-refractivity contribution in [2.24, 2.45) is 0 Å². The fourth-order valence-corrected chi connectivity index (χ4v) is 1.49. The second-order valence-corrected chi connectivity index (χ2v) is 4.21. The minimum absolute atomic E-state index is 0.150. The van der Waals surface area contributed by atoms with E-state index in [2.05, 4.69) is 22.6 Å². The van der Waals surface area contributed by atoms with E-state index in [0.717, 1.165) is 9.13 Å². The van der Waals surface area contributed by atoms with Crippen LogP contribution in [0.5, 0.6) is 0 Å². The van der Waals surface area contributed by atoms with Crippen LogP contribution in [-0.4, -0.2) is 11.1 Å². The number of benzene rings is 1. The van der Waals surface area contributed by atoms with Crippen LogP contribution in [0.3, 0.4) is 0 Å². The van der Waals surface area contributed by atoms with Gasteiger partial charge in [-0.2, -0.15) is 0 Å². The Morgan fingerprint density at radius 3 is 2.77 bits per heavy atom. The molecule has 0 aromatic heterocycles. The highest BCUT2D eigenvalue weighted by Gasteiger charge is 2.01. The molecule has 4 heteroatoms. The summed E-state index contributed by atoms with van der Waals surface area (Å²) in [5, 5.41) is 9.15. The van der Waals surface area contributed by atoms with Crippen LogP contribution >= 0.6 is 34.2 Å². The molecule has 0 aliphatic carbocycles. The highest BCUT2D eigenvalue weighted by molar-refractivity contribution is 14.1. The third kappa shape index (κ3) is 3.52. The maximum atomic E-state index is 10.3. The number of carboxylic acids is 1. The van der Waals surface area contributed by atoms with E-state index in [9.17, 15) is 4.79 Å². The fourth-order valence-electron chi connectivity index (χ4n) is 0.946. The first-order valence-corrected chi connectivity index (χ1v) is 5.21. The predicted octanol–water partition coefficient (Wildman–Crippen LogP) is 2.96. The Morgan fingerprint density at radius 2 is 2.23 bits per heavy atom. The minimum Gasteiger partial charge on any atom is -0.481 e. The van der Waals surface area contributed by atoms with Crippen LogP contribution < -0.4 is 0 Å². The van der Waals surface area contributed by atoms with Gasteiger partial charge in [-0.15, -0.1) is 0 Å². The lowest BCUT2D eigenvalue weighted by molar-refractivity contribution is -0.136. The van der Waals surface area contributed by atoms with Gasteiger partial charge in [-0.05, 0) is 46.7 Å². The molecule has 0 atom stereocenters. The van der Waals surface area contributed by atoms with Gasteiger partial charge in [0.15, 0.2) is 0 Å². The van der Waals surface area contributed by atoms with Gasteiger partial charge in [-0.25, -0.2) is 0 Å². The van der Waals surface area contributed by atoms with Gasteiger partial charge in [0.2, 0.25) is 0 Å². The average molecular weight is 311 g/mol. The van der Waals surface area contributed by atoms with E-state index in [1.165, 1.54) is 0 Å². The average Bonchev–Trinajstić information content (AvgIpc) is 2.07. The van der Waals surface area contributed by atoms with Gasteiger partial charge < -0.3 is 5.11 Å². The van der Waals surface area contributed by atoms with Crippen molar-refractivity contribution in [1.29, 1.82) is 0 Å². The molecule has 0 aliphatic heterocycles. The summed E-state index contributed by atoms with van der Waals surface area (Å²) in [6, 6.07) is 5.60. The first-order valence-electron chi connectivity index (χ1n) is 3.75. The fraction of sp³-hybridized carbons (Fsp3) is 0.222. The number of carbonyl (C=O) groups is 1. The maximum Gasteiger partial charge on any atom is 0.303 e. The van der Waals surface area contributed by atoms with E-state index in [0.29, 0.717) is 11.4 Å². The number of hydrogen-bond acceptors (Lipinski definition) is 1. The minimum atomic E-state index is -0.783. The van der Waals surface area contributed by atoms with Crippen LogP contribution in [0.15, 0.2) is 18.2 Å². The first kappa shape index (κ1) is 10.8. The Bertz CT molecular complexity index is 325. The molecule has 1 rings (SSSR count). The molecule has 0 amide bonds. The summed E-state index contributed by atoms with van der Waals surface area (Å²) in [6.45, 7) is 0. The largest absolute Gasteiger partial charge is 0.481 e. The standard InChI is InChI=1S/C9H8ClIO2/c10-7-5-6(1-3-8(7)11)2-4-9(12)13/h1,3,5H,2,4H2,(H,12,13). The van der Waals surface area contributed by atoms with E-state index in [-0.39, 0.29) is 6.42 Å². The summed E-state index contributed by atoms with van der Waals surface area (Å²) in [4.78, 5) is 10.3. The molecular weight excluding hydrogens is 302 g/mol. The second kappa shape index (κ2) is 4.81. The van der Waals surface area contributed by atoms with Crippen molar-refractivity contribution in [1.82, 2.24) is 0 Å². The summed E-state index contributed by atoms with van der Waals surface area (Å²) >= 11 is 8.01. The van der Waals surface area contributed by atoms with Crippen molar-refractivity contribution >= 4 is 40.2 Å². The SMILES string of the molecule is O=C(O)CCc1ccc(I)c(Cl)c1. The molecule has 0 radical (unpaired) electrons. The molecule has 0 spiro atoms. The lowest BCUT2D eigenvalue weighted by Crippen LogP contribution is -1.97. The van der Waals surface area contributed by atoms with Crippen LogP contribution in [0.4, 0.5) is 0 Å². The Balaban J connectivity index is 2.68. The molecule has 1 aromatic carbocycles. The van der Waals surface area contributed by atoms with Gasteiger partial charge in [0, 0.05) is 9.99 Å². The molecule has 1 aromatic rings. The monoisotopic (exact) mass is 310 g/mol. The lowest BCUT2D eigenvalue weighted by Gasteiger charge is -2.00. The number of aryl methyl sites for hydroxylation is 1. The Morgan fingerprint density at radius 1 is 1.54 bits per heavy atom. The van der Waals surface area contributed by atoms with E-state index >= 15 is 0 Å². The van der Waals surface area contributed by atoms with E-state index in [4.69, 9.17) is 16.7 Å². The molecule has 0 fully saturated rings. The van der Waals surface area contributed by atoms with Crippen molar-refractivity contribution < 1.29 is 9.90 Å². The molecule has 0 unspecified atom stereocenters. The zero-order chi connectivity index (χ0) is 9.84. The number of hydrogen-bond donors (Lipinski definition) is 1. The quantitative estimate of drug-likeness (QED) is 0.872. The highest BCUT2D eigenvalue weighted by atomic mass is 127. The maximum absolute atomic E-state index is 10.3. The normalized spacial score (nSPS) is 10.0. The van der Waals surface area contributed by atoms with Crippen LogP contribution in [0, 0.1) is 3.57 Å². The van der Waals surface area contributed by atoms with Gasteiger partial charge in [0.05, 0.1) is 5.02 Å². The Hall–Kier alpha value is -0.290. The number of carboxylic acid groups (broad SMARTS) is 1. The Labute approximate surface area is 95.0 Å². The molecule has 2 nitrogen and oxygen atoms in total. The van der Waals surface area contributed by atoms with Crippen molar-refractivity contribution in [3.8, 4) is 0 Å². The van der Waals surface area contributed by atoms with Crippen LogP contribution in [-0.2, 0) is 11.2 Å². The van der Waals surface area contributed by atoms with Crippen LogP contribution in [0.1, 0.15) is 12.0 Å². The molecule has 0 aliphatic rings. The van der Waals surface area contributed by atoms with Gasteiger partial charge in [0.25, 0.3) is 0 Å². The van der Waals surface area contributed by atoms with E-state index < -0.39 is 5.97 Å². The smallest absolute Gasteiger partial charge is 0.303 e. The van der Waals surface area contributed by atoms with Crippen LogP contribution in [0.25, 0.3) is 0 Å². The van der Waals surface area contributed by atoms with Gasteiger partial charge in [0.1, 0.15) is 0 Å². The van der Waals surface area contributed by atoms with E-state index in [1.807, 2.05) is 18.2 Å². The first-order chi connectivity index (χ1) is 6.09. The van der Waals surface area contributed by atoms with Gasteiger partial charge in [-0.3, -0.25) is 4.79 Å². The molecule has 0 saturated carbocycles. The summed E-state index contributed by atoms with van der Waals surface area (Å²) in [7, 11) is 0. The molecule has 13 heavy (non-hydrogen) atoms. The second-order valence-electron chi connectivity index (χ2n) is 2.64. The van der Waals surface area contributed by atoms with Crippen molar-refractivity contribution in [3.05, 3.63) is 32.4 Å². The molecule has 70 valence electrons. The predicted molar refractivity (Wildman–Crippen MR) is 60.1 cm³/mol. The highest BCUT2D eigenvalue weighted by Crippen LogP contribution is 2.20. The molecule has 1 N–H and O–H groups in total. The van der Waals surface area contributed by atoms with Crippen molar-refractivity contribution in [2.45, 2.75) is 12.8 Å². The lowest BCUT2D eigenvalue weighted by atomic mass is 10.1. The Kier molecular flexibility index (Phi) is 3.99. The molecule has 0 heterocycles. The zero-order valence-electron chi connectivity index (χ0n) is 6.76. The number of rotatable bonds is 3. The third-order valence-corrected chi connectivity index (χ3v) is 3.18. The number of halogens is 2. The number of aliphatic carboxylic acids is 1. The van der Waals surface area contributed by atoms with Crippen LogP contribution in [0.2, 0.25) is 5.02 Å². The topological polar surface area (TPSA) is 37.3 Å². The van der Waals surface area contributed by atoms with Crippen molar-refractivity contribution in [3.63, 3.8) is 0 Å². The summed E-state index contributed by atoms with van der Waals surface area (Å²) < 4.78 is 0.985. The van der Waals surface area contributed by atoms with Crippen molar-refractivity contribution in [2.75, 3.05) is 0 Å². The molecular formula is C9H8ClIO2. The van der Waals surface area contributed by atoms with E-state index in [1.54, 1.807) is 0 Å². The third-order valence-electron chi connectivity index (χ3n) is 1.61. The summed E-state index contributed by atoms with van der Waals surface area (Å²) in [5.41, 5.74) is 0.966.